The molecule has 2 rings (SSSR count). The minimum absolute atomic E-state index is 0.184. The molecular formula is C22H34N2O4S. The molecule has 1 aliphatic carbocycles. The number of benzene rings is 1. The molecule has 7 heteroatoms. The van der Waals surface area contributed by atoms with E-state index in [1.54, 1.807) is 56.8 Å². The number of rotatable bonds is 8. The Balaban J connectivity index is 1.89. The van der Waals surface area contributed by atoms with E-state index < -0.39 is 17.7 Å². The molecule has 0 aliphatic heterocycles. The Hall–Kier alpha value is -1.89. The molecule has 0 radical (unpaired) electrons. The lowest BCUT2D eigenvalue weighted by molar-refractivity contribution is -0.122. The Labute approximate surface area is 178 Å². The average Bonchev–Trinajstić information content (AvgIpc) is 2.66. The van der Waals surface area contributed by atoms with Crippen LogP contribution in [0.5, 0.6) is 5.75 Å². The van der Waals surface area contributed by atoms with Crippen molar-refractivity contribution in [2.24, 2.45) is 5.92 Å². The molecule has 0 unspecified atom stereocenters. The lowest BCUT2D eigenvalue weighted by Crippen LogP contribution is -2.49. The van der Waals surface area contributed by atoms with Crippen molar-refractivity contribution >= 4 is 23.8 Å². The van der Waals surface area contributed by atoms with E-state index >= 15 is 0 Å². The Morgan fingerprint density at radius 1 is 1.17 bits per heavy atom. The van der Waals surface area contributed by atoms with E-state index in [9.17, 15) is 14.7 Å². The predicted octanol–water partition coefficient (Wildman–Crippen LogP) is 4.22. The highest BCUT2D eigenvalue weighted by Gasteiger charge is 2.25. The van der Waals surface area contributed by atoms with Gasteiger partial charge in [0, 0.05) is 12.3 Å². The minimum atomic E-state index is -0.657. The first-order chi connectivity index (χ1) is 13.7. The van der Waals surface area contributed by atoms with Crippen LogP contribution >= 0.6 is 11.8 Å². The molecule has 0 heterocycles. The maximum absolute atomic E-state index is 12.7. The van der Waals surface area contributed by atoms with Crippen molar-refractivity contribution in [2.75, 3.05) is 11.5 Å². The first kappa shape index (κ1) is 23.4. The van der Waals surface area contributed by atoms with Gasteiger partial charge in [-0.2, -0.15) is 11.8 Å². The number of hydrogen-bond donors (Lipinski definition) is 3. The molecule has 2 amide bonds. The molecule has 3 N–H and O–H groups in total. The summed E-state index contributed by atoms with van der Waals surface area (Å²) in [5.41, 5.74) is 0.258. The summed E-state index contributed by atoms with van der Waals surface area (Å²) in [5.74, 6) is 2.18. The number of aromatic hydroxyl groups is 1. The van der Waals surface area contributed by atoms with Crippen LogP contribution in [0.25, 0.3) is 0 Å². The molecule has 1 atom stereocenters. The lowest BCUT2D eigenvalue weighted by Gasteiger charge is -2.24. The molecule has 1 aromatic rings. The van der Waals surface area contributed by atoms with Crippen LogP contribution in [0.4, 0.5) is 4.79 Å². The highest BCUT2D eigenvalue weighted by Crippen LogP contribution is 2.27. The van der Waals surface area contributed by atoms with Gasteiger partial charge in [0.25, 0.3) is 0 Å². The standard InChI is InChI=1S/C22H34N2O4S/c1-22(2,3)28-21(27)24-19(15-29-14-17-7-5-4-6-8-17)20(26)23-13-16-9-11-18(25)12-10-16/h9-12,17,19,25H,4-8,13-15H2,1-3H3,(H,23,26)(H,24,27)/t19-/m0/s1. The molecule has 1 aliphatic rings. The summed E-state index contributed by atoms with van der Waals surface area (Å²) in [5, 5.41) is 15.0. The fourth-order valence-electron chi connectivity index (χ4n) is 3.27. The summed E-state index contributed by atoms with van der Waals surface area (Å²) in [4.78, 5) is 24.9. The fraction of sp³-hybridized carbons (Fsp3) is 0.636. The summed E-state index contributed by atoms with van der Waals surface area (Å²) in [7, 11) is 0. The van der Waals surface area contributed by atoms with Gasteiger partial charge < -0.3 is 20.5 Å². The van der Waals surface area contributed by atoms with Gasteiger partial charge in [-0.3, -0.25) is 4.79 Å². The SMILES string of the molecule is CC(C)(C)OC(=O)N[C@@H](CSCC1CCCCC1)C(=O)NCc1ccc(O)cc1. The van der Waals surface area contributed by atoms with Crippen LogP contribution in [0.3, 0.4) is 0 Å². The molecule has 0 aromatic heterocycles. The molecule has 162 valence electrons. The highest BCUT2D eigenvalue weighted by atomic mass is 32.2. The normalized spacial score (nSPS) is 16.1. The van der Waals surface area contributed by atoms with Gasteiger partial charge in [0.1, 0.15) is 17.4 Å². The van der Waals surface area contributed by atoms with Crippen LogP contribution in [-0.2, 0) is 16.1 Å². The zero-order valence-electron chi connectivity index (χ0n) is 17.7. The topological polar surface area (TPSA) is 87.7 Å². The Morgan fingerprint density at radius 2 is 1.83 bits per heavy atom. The van der Waals surface area contributed by atoms with Gasteiger partial charge in [-0.15, -0.1) is 0 Å². The van der Waals surface area contributed by atoms with Crippen molar-refractivity contribution in [3.05, 3.63) is 29.8 Å². The van der Waals surface area contributed by atoms with E-state index in [4.69, 9.17) is 4.74 Å². The van der Waals surface area contributed by atoms with Crippen LogP contribution < -0.4 is 10.6 Å². The summed E-state index contributed by atoms with van der Waals surface area (Å²) in [6, 6.07) is 6.01. The zero-order valence-corrected chi connectivity index (χ0v) is 18.5. The van der Waals surface area contributed by atoms with E-state index in [1.807, 2.05) is 0 Å². The quantitative estimate of drug-likeness (QED) is 0.584. The van der Waals surface area contributed by atoms with Crippen molar-refractivity contribution in [1.29, 1.82) is 0 Å². The molecule has 0 spiro atoms. The molecule has 6 nitrogen and oxygen atoms in total. The minimum Gasteiger partial charge on any atom is -0.508 e. The number of nitrogens with one attached hydrogen (secondary N) is 2. The summed E-state index contributed by atoms with van der Waals surface area (Å²) in [6.45, 7) is 5.72. The van der Waals surface area contributed by atoms with Crippen LogP contribution in [0, 0.1) is 5.92 Å². The molecule has 0 saturated heterocycles. The lowest BCUT2D eigenvalue weighted by atomic mass is 9.91. The van der Waals surface area contributed by atoms with Crippen LogP contribution in [0.1, 0.15) is 58.4 Å². The van der Waals surface area contributed by atoms with Crippen molar-refractivity contribution in [1.82, 2.24) is 10.6 Å². The average molecular weight is 423 g/mol. The third-order valence-electron chi connectivity index (χ3n) is 4.77. The summed E-state index contributed by atoms with van der Waals surface area (Å²) < 4.78 is 5.32. The van der Waals surface area contributed by atoms with Gasteiger partial charge in [-0.1, -0.05) is 31.4 Å². The number of hydrogen-bond acceptors (Lipinski definition) is 5. The number of thioether (sulfide) groups is 1. The van der Waals surface area contributed by atoms with Gasteiger partial charge in [0.05, 0.1) is 0 Å². The second-order valence-electron chi connectivity index (χ2n) is 8.62. The van der Waals surface area contributed by atoms with E-state index in [1.165, 1.54) is 32.1 Å². The molecule has 0 bridgehead atoms. The van der Waals surface area contributed by atoms with Gasteiger partial charge in [0.2, 0.25) is 5.91 Å². The molecule has 1 fully saturated rings. The summed E-state index contributed by atoms with van der Waals surface area (Å²) in [6.07, 6.45) is 5.83. The van der Waals surface area contributed by atoms with E-state index in [0.29, 0.717) is 18.2 Å². The van der Waals surface area contributed by atoms with Crippen molar-refractivity contribution in [2.45, 2.75) is 71.1 Å². The Bertz CT molecular complexity index is 652. The predicted molar refractivity (Wildman–Crippen MR) is 117 cm³/mol. The first-order valence-electron chi connectivity index (χ1n) is 10.4. The Kier molecular flexibility index (Phi) is 9.14. The van der Waals surface area contributed by atoms with Crippen molar-refractivity contribution in [3.63, 3.8) is 0 Å². The van der Waals surface area contributed by atoms with Crippen LogP contribution in [0.15, 0.2) is 24.3 Å². The largest absolute Gasteiger partial charge is 0.508 e. The second kappa shape index (κ2) is 11.3. The third-order valence-corrected chi connectivity index (χ3v) is 6.05. The van der Waals surface area contributed by atoms with Gasteiger partial charge in [-0.25, -0.2) is 4.79 Å². The monoisotopic (exact) mass is 422 g/mol. The first-order valence-corrected chi connectivity index (χ1v) is 11.5. The number of carbonyl (C=O) groups excluding carboxylic acids is 2. The number of phenols is 1. The van der Waals surface area contributed by atoms with Crippen LogP contribution in [-0.4, -0.2) is 40.3 Å². The number of ether oxygens (including phenoxy) is 1. The number of carbonyl (C=O) groups is 2. The van der Waals surface area contributed by atoms with Crippen molar-refractivity contribution < 1.29 is 19.4 Å². The van der Waals surface area contributed by atoms with Crippen molar-refractivity contribution in [3.8, 4) is 5.75 Å². The molecule has 1 saturated carbocycles. The molecular weight excluding hydrogens is 388 g/mol. The fourth-order valence-corrected chi connectivity index (χ4v) is 4.54. The van der Waals surface area contributed by atoms with Crippen LogP contribution in [0.2, 0.25) is 0 Å². The van der Waals surface area contributed by atoms with Gasteiger partial charge >= 0.3 is 6.09 Å². The van der Waals surface area contributed by atoms with E-state index in [2.05, 4.69) is 10.6 Å². The van der Waals surface area contributed by atoms with E-state index in [0.717, 1.165) is 11.3 Å². The van der Waals surface area contributed by atoms with E-state index in [-0.39, 0.29) is 11.7 Å². The number of amides is 2. The number of alkyl carbamates (subject to hydrolysis) is 1. The van der Waals surface area contributed by atoms with Gasteiger partial charge in [-0.05, 0) is 63.0 Å². The summed E-state index contributed by atoms with van der Waals surface area (Å²) >= 11 is 1.72. The Morgan fingerprint density at radius 3 is 2.45 bits per heavy atom. The zero-order chi connectivity index (χ0) is 21.3. The maximum Gasteiger partial charge on any atom is 0.408 e. The highest BCUT2D eigenvalue weighted by molar-refractivity contribution is 7.99. The van der Waals surface area contributed by atoms with Gasteiger partial charge in [0.15, 0.2) is 0 Å². The smallest absolute Gasteiger partial charge is 0.408 e. The second-order valence-corrected chi connectivity index (χ2v) is 9.70. The number of phenolic OH excluding ortho intramolecular Hbond substituents is 1. The molecule has 29 heavy (non-hydrogen) atoms. The molecule has 1 aromatic carbocycles. The maximum atomic E-state index is 12.7. The third kappa shape index (κ3) is 9.43.